The van der Waals surface area contributed by atoms with E-state index >= 15 is 0 Å². The molecule has 0 bridgehead atoms. The van der Waals surface area contributed by atoms with Gasteiger partial charge in [-0.1, -0.05) is 186 Å². The number of aliphatic hydroxyl groups is 3. The van der Waals surface area contributed by atoms with Crippen LogP contribution >= 0.6 is 0 Å². The van der Waals surface area contributed by atoms with Crippen molar-refractivity contribution in [1.82, 2.24) is 5.32 Å². The van der Waals surface area contributed by atoms with E-state index in [1.807, 2.05) is 6.08 Å². The Bertz CT molecular complexity index is 679. The lowest BCUT2D eigenvalue weighted by Crippen LogP contribution is -2.48. The molecule has 4 N–H and O–H groups in total. The molecule has 0 aromatic rings. The Kier molecular flexibility index (Phi) is 35.7. The van der Waals surface area contributed by atoms with Gasteiger partial charge < -0.3 is 20.6 Å². The number of hydrogen-bond acceptors (Lipinski definition) is 4. The lowest BCUT2D eigenvalue weighted by molar-refractivity contribution is -0.131. The van der Waals surface area contributed by atoms with Gasteiger partial charge >= 0.3 is 0 Å². The molecule has 0 fully saturated rings. The molecule has 0 saturated heterocycles. The molecular formula is C41H79NO4. The molecule has 0 aromatic carbocycles. The first-order valence-electron chi connectivity index (χ1n) is 20.2. The van der Waals surface area contributed by atoms with Crippen LogP contribution in [0.3, 0.4) is 0 Å². The second kappa shape index (κ2) is 36.7. The second-order valence-electron chi connectivity index (χ2n) is 13.8. The molecule has 0 heterocycles. The summed E-state index contributed by atoms with van der Waals surface area (Å²) in [5.41, 5.74) is 0. The zero-order valence-electron chi connectivity index (χ0n) is 30.7. The lowest BCUT2D eigenvalue weighted by Gasteiger charge is -2.21. The van der Waals surface area contributed by atoms with E-state index in [4.69, 9.17) is 0 Å². The van der Waals surface area contributed by atoms with Gasteiger partial charge in [-0.2, -0.15) is 0 Å². The predicted octanol–water partition coefficient (Wildman–Crippen LogP) is 11.0. The minimum Gasteiger partial charge on any atom is -0.394 e. The summed E-state index contributed by atoms with van der Waals surface area (Å²) in [6.45, 7) is 4.16. The van der Waals surface area contributed by atoms with Crippen molar-refractivity contribution in [2.45, 2.75) is 225 Å². The van der Waals surface area contributed by atoms with E-state index < -0.39 is 24.2 Å². The Morgan fingerprint density at radius 2 is 0.870 bits per heavy atom. The first-order chi connectivity index (χ1) is 22.6. The van der Waals surface area contributed by atoms with Crippen LogP contribution in [-0.2, 0) is 4.79 Å². The van der Waals surface area contributed by atoms with Gasteiger partial charge in [0.05, 0.1) is 18.8 Å². The van der Waals surface area contributed by atoms with Crippen LogP contribution < -0.4 is 5.32 Å². The third kappa shape index (κ3) is 31.4. The summed E-state index contributed by atoms with van der Waals surface area (Å²) < 4.78 is 0. The number of carbonyl (C=O) groups is 1. The molecule has 0 spiro atoms. The largest absolute Gasteiger partial charge is 0.394 e. The van der Waals surface area contributed by atoms with Gasteiger partial charge in [0.25, 0.3) is 0 Å². The van der Waals surface area contributed by atoms with Crippen LogP contribution in [-0.4, -0.2) is 46.1 Å². The van der Waals surface area contributed by atoms with Crippen molar-refractivity contribution in [3.63, 3.8) is 0 Å². The van der Waals surface area contributed by atoms with Crippen molar-refractivity contribution in [1.29, 1.82) is 0 Å². The fraction of sp³-hybridized carbons (Fsp3) is 0.878. The number of unbranched alkanes of at least 4 members (excludes halogenated alkanes) is 26. The van der Waals surface area contributed by atoms with Gasteiger partial charge in [0.1, 0.15) is 6.10 Å². The summed E-state index contributed by atoms with van der Waals surface area (Å²) in [6, 6.07) is -0.796. The van der Waals surface area contributed by atoms with Crippen LogP contribution in [0, 0.1) is 0 Å². The van der Waals surface area contributed by atoms with E-state index in [2.05, 4.69) is 31.3 Å². The minimum atomic E-state index is -1.10. The van der Waals surface area contributed by atoms with Gasteiger partial charge in [0.2, 0.25) is 5.91 Å². The van der Waals surface area contributed by atoms with Crippen molar-refractivity contribution < 1.29 is 20.1 Å². The Labute approximate surface area is 286 Å². The SMILES string of the molecule is CCCCCCCCCCCC/C=C\CCCCCCCCC(O)C(=O)NC(CO)C(O)/C=C/CCCCCCCCCCCC. The fourth-order valence-electron chi connectivity index (χ4n) is 6.06. The van der Waals surface area contributed by atoms with Gasteiger partial charge in [-0.3, -0.25) is 4.79 Å². The van der Waals surface area contributed by atoms with Gasteiger partial charge in [-0.25, -0.2) is 0 Å². The Morgan fingerprint density at radius 3 is 1.26 bits per heavy atom. The number of hydrogen-bond donors (Lipinski definition) is 4. The number of carbonyl (C=O) groups excluding carboxylic acids is 1. The van der Waals surface area contributed by atoms with Crippen molar-refractivity contribution in [2.75, 3.05) is 6.61 Å². The lowest BCUT2D eigenvalue weighted by atomic mass is 10.0. The molecule has 0 aromatic heterocycles. The average Bonchev–Trinajstić information content (AvgIpc) is 3.06. The molecule has 1 amide bonds. The van der Waals surface area contributed by atoms with Crippen LogP contribution in [0.2, 0.25) is 0 Å². The summed E-state index contributed by atoms with van der Waals surface area (Å²) >= 11 is 0. The third-order valence-corrected chi connectivity index (χ3v) is 9.29. The molecule has 0 aliphatic rings. The highest BCUT2D eigenvalue weighted by atomic mass is 16.3. The highest BCUT2D eigenvalue weighted by Gasteiger charge is 2.22. The van der Waals surface area contributed by atoms with Crippen LogP contribution in [0.15, 0.2) is 24.3 Å². The van der Waals surface area contributed by atoms with Crippen molar-refractivity contribution >= 4 is 5.91 Å². The quantitative estimate of drug-likeness (QED) is 0.0401. The topological polar surface area (TPSA) is 89.8 Å². The average molecular weight is 650 g/mol. The highest BCUT2D eigenvalue weighted by molar-refractivity contribution is 5.80. The number of aliphatic hydroxyl groups excluding tert-OH is 3. The van der Waals surface area contributed by atoms with Crippen LogP contribution in [0.25, 0.3) is 0 Å². The molecule has 272 valence electrons. The number of amides is 1. The zero-order valence-corrected chi connectivity index (χ0v) is 30.7. The number of allylic oxidation sites excluding steroid dienone is 3. The molecule has 5 nitrogen and oxygen atoms in total. The van der Waals surface area contributed by atoms with Gasteiger partial charge in [0, 0.05) is 0 Å². The molecular weight excluding hydrogens is 570 g/mol. The summed E-state index contributed by atoms with van der Waals surface area (Å²) in [6.07, 6.45) is 43.4. The van der Waals surface area contributed by atoms with Crippen LogP contribution in [0.5, 0.6) is 0 Å². The summed E-state index contributed by atoms with van der Waals surface area (Å²) in [5.74, 6) is -0.509. The first kappa shape index (κ1) is 44.8. The maximum atomic E-state index is 12.4. The molecule has 0 rings (SSSR count). The monoisotopic (exact) mass is 650 g/mol. The van der Waals surface area contributed by atoms with Crippen molar-refractivity contribution in [2.24, 2.45) is 0 Å². The van der Waals surface area contributed by atoms with Crippen molar-refractivity contribution in [3.05, 3.63) is 24.3 Å². The Hall–Kier alpha value is -1.17. The summed E-state index contributed by atoms with van der Waals surface area (Å²) in [5, 5.41) is 33.0. The standard InChI is InChI=1S/C41H79NO4/c1-3-5-7-9-11-13-15-17-18-19-20-21-22-23-24-26-28-30-32-34-36-40(45)41(46)42-38(37-43)39(44)35-33-31-29-27-25-16-14-12-10-8-6-4-2/h21-22,33,35,38-40,43-45H,3-20,23-32,34,36-37H2,1-2H3,(H,42,46)/b22-21-,35-33+. The van der Waals surface area contributed by atoms with E-state index in [0.717, 1.165) is 32.1 Å². The Morgan fingerprint density at radius 1 is 0.522 bits per heavy atom. The second-order valence-corrected chi connectivity index (χ2v) is 13.8. The van der Waals surface area contributed by atoms with E-state index in [1.54, 1.807) is 6.08 Å². The molecule has 46 heavy (non-hydrogen) atoms. The molecule has 3 unspecified atom stereocenters. The van der Waals surface area contributed by atoms with Gasteiger partial charge in [-0.15, -0.1) is 0 Å². The molecule has 0 radical (unpaired) electrons. The van der Waals surface area contributed by atoms with Crippen molar-refractivity contribution in [3.8, 4) is 0 Å². The summed E-state index contributed by atoms with van der Waals surface area (Å²) in [7, 11) is 0. The molecule has 0 saturated carbocycles. The molecule has 5 heteroatoms. The van der Waals surface area contributed by atoms with Crippen LogP contribution in [0.4, 0.5) is 0 Å². The summed E-state index contributed by atoms with van der Waals surface area (Å²) in [4.78, 5) is 12.4. The first-order valence-corrected chi connectivity index (χ1v) is 20.2. The maximum absolute atomic E-state index is 12.4. The Balaban J connectivity index is 3.69. The van der Waals surface area contributed by atoms with Gasteiger partial charge in [0.15, 0.2) is 0 Å². The molecule has 0 aliphatic carbocycles. The minimum absolute atomic E-state index is 0.364. The van der Waals surface area contributed by atoms with Crippen LogP contribution in [0.1, 0.15) is 206 Å². The van der Waals surface area contributed by atoms with Gasteiger partial charge in [-0.05, 0) is 44.9 Å². The number of rotatable bonds is 36. The zero-order chi connectivity index (χ0) is 33.8. The van der Waals surface area contributed by atoms with E-state index in [0.29, 0.717) is 6.42 Å². The molecule has 0 aliphatic heterocycles. The molecule has 3 atom stereocenters. The fourth-order valence-corrected chi connectivity index (χ4v) is 6.06. The van der Waals surface area contributed by atoms with E-state index in [-0.39, 0.29) is 6.61 Å². The van der Waals surface area contributed by atoms with E-state index in [9.17, 15) is 20.1 Å². The predicted molar refractivity (Wildman–Crippen MR) is 199 cm³/mol. The third-order valence-electron chi connectivity index (χ3n) is 9.29. The maximum Gasteiger partial charge on any atom is 0.249 e. The number of nitrogens with one attached hydrogen (secondary N) is 1. The van der Waals surface area contributed by atoms with E-state index in [1.165, 1.54) is 154 Å². The smallest absolute Gasteiger partial charge is 0.249 e. The normalized spacial score (nSPS) is 13.9. The highest BCUT2D eigenvalue weighted by Crippen LogP contribution is 2.14.